The van der Waals surface area contributed by atoms with Gasteiger partial charge in [0.15, 0.2) is 0 Å². The van der Waals surface area contributed by atoms with Crippen molar-refractivity contribution >= 4 is 17.2 Å². The van der Waals surface area contributed by atoms with Gasteiger partial charge in [0, 0.05) is 25.9 Å². The molecule has 1 unspecified atom stereocenters. The Hall–Kier alpha value is -1.62. The number of hydrogen-bond donors (Lipinski definition) is 1. The molecule has 84 valence electrons. The van der Waals surface area contributed by atoms with Crippen molar-refractivity contribution in [1.82, 2.24) is 15.1 Å². The van der Waals surface area contributed by atoms with Crippen LogP contribution in [0.3, 0.4) is 0 Å². The third-order valence-corrected chi connectivity index (χ3v) is 3.02. The number of rotatable bonds is 4. The van der Waals surface area contributed by atoms with E-state index in [-0.39, 0.29) is 11.9 Å². The van der Waals surface area contributed by atoms with E-state index >= 15 is 0 Å². The van der Waals surface area contributed by atoms with Crippen LogP contribution in [0, 0.1) is 0 Å². The molecule has 4 nitrogen and oxygen atoms in total. The van der Waals surface area contributed by atoms with E-state index in [1.807, 2.05) is 22.3 Å². The second-order valence-electron chi connectivity index (χ2n) is 3.50. The minimum absolute atomic E-state index is 0.0209. The van der Waals surface area contributed by atoms with E-state index in [0.29, 0.717) is 6.54 Å². The fourth-order valence-electron chi connectivity index (χ4n) is 1.53. The molecule has 1 amide bonds. The van der Waals surface area contributed by atoms with Crippen LogP contribution in [0.2, 0.25) is 0 Å². The van der Waals surface area contributed by atoms with Crippen LogP contribution < -0.4 is 5.32 Å². The van der Waals surface area contributed by atoms with E-state index in [2.05, 4.69) is 21.9 Å². The van der Waals surface area contributed by atoms with E-state index in [1.54, 1.807) is 17.5 Å². The number of aromatic nitrogens is 2. The Morgan fingerprint density at radius 1 is 1.69 bits per heavy atom. The molecular formula is C11H13N3OS. The van der Waals surface area contributed by atoms with Gasteiger partial charge in [-0.05, 0) is 28.5 Å². The van der Waals surface area contributed by atoms with Crippen molar-refractivity contribution in [1.29, 1.82) is 0 Å². The summed E-state index contributed by atoms with van der Waals surface area (Å²) in [7, 11) is 0. The van der Waals surface area contributed by atoms with Gasteiger partial charge in [0.25, 0.3) is 0 Å². The second kappa shape index (κ2) is 4.94. The van der Waals surface area contributed by atoms with E-state index in [1.165, 1.54) is 12.5 Å². The lowest BCUT2D eigenvalue weighted by Gasteiger charge is -2.16. The Morgan fingerprint density at radius 3 is 3.12 bits per heavy atom. The normalized spacial score (nSPS) is 12.3. The first kappa shape index (κ1) is 10.9. The van der Waals surface area contributed by atoms with Crippen LogP contribution in [0.5, 0.6) is 0 Å². The van der Waals surface area contributed by atoms with Gasteiger partial charge in [-0.1, -0.05) is 0 Å². The molecule has 0 aromatic carbocycles. The molecule has 0 radical (unpaired) electrons. The van der Waals surface area contributed by atoms with Gasteiger partial charge >= 0.3 is 0 Å². The van der Waals surface area contributed by atoms with Crippen LogP contribution in [-0.2, 0) is 4.79 Å². The monoisotopic (exact) mass is 235 g/mol. The summed E-state index contributed by atoms with van der Waals surface area (Å²) < 4.78 is 1.86. The van der Waals surface area contributed by atoms with Gasteiger partial charge in [-0.15, -0.1) is 0 Å². The van der Waals surface area contributed by atoms with Gasteiger partial charge in [0.1, 0.15) is 0 Å². The van der Waals surface area contributed by atoms with Crippen molar-refractivity contribution < 1.29 is 4.79 Å². The largest absolute Gasteiger partial charge is 0.354 e. The third kappa shape index (κ3) is 2.49. The summed E-state index contributed by atoms with van der Waals surface area (Å²) in [5.74, 6) is -0.0209. The molecule has 0 bridgehead atoms. The summed E-state index contributed by atoms with van der Waals surface area (Å²) in [4.78, 5) is 10.9. The molecular weight excluding hydrogens is 222 g/mol. The van der Waals surface area contributed by atoms with Crippen molar-refractivity contribution in [3.8, 4) is 0 Å². The molecule has 16 heavy (non-hydrogen) atoms. The van der Waals surface area contributed by atoms with Gasteiger partial charge in [-0.3, -0.25) is 9.48 Å². The fourth-order valence-corrected chi connectivity index (χ4v) is 2.24. The average Bonchev–Trinajstić information content (AvgIpc) is 2.88. The zero-order chi connectivity index (χ0) is 11.4. The summed E-state index contributed by atoms with van der Waals surface area (Å²) in [6.07, 6.45) is 3.65. The molecule has 5 heteroatoms. The zero-order valence-corrected chi connectivity index (χ0v) is 9.78. The molecule has 2 aromatic heterocycles. The Morgan fingerprint density at radius 2 is 2.56 bits per heavy atom. The first-order valence-corrected chi connectivity index (χ1v) is 5.97. The van der Waals surface area contributed by atoms with E-state index in [9.17, 15) is 4.79 Å². The number of nitrogens with one attached hydrogen (secondary N) is 1. The number of carbonyl (C=O) groups excluding carboxylic acids is 1. The second-order valence-corrected chi connectivity index (χ2v) is 4.28. The highest BCUT2D eigenvalue weighted by Gasteiger charge is 2.14. The average molecular weight is 235 g/mol. The molecule has 2 aromatic rings. The quantitative estimate of drug-likeness (QED) is 0.876. The smallest absolute Gasteiger partial charge is 0.216 e. The fraction of sp³-hybridized carbons (Fsp3) is 0.273. The van der Waals surface area contributed by atoms with Crippen LogP contribution in [0.15, 0.2) is 35.3 Å². The van der Waals surface area contributed by atoms with Crippen LogP contribution in [0.25, 0.3) is 0 Å². The summed E-state index contributed by atoms with van der Waals surface area (Å²) in [5, 5.41) is 11.2. The summed E-state index contributed by atoms with van der Waals surface area (Å²) in [6, 6.07) is 4.01. The first-order chi connectivity index (χ1) is 7.77. The van der Waals surface area contributed by atoms with E-state index in [0.717, 1.165) is 0 Å². The van der Waals surface area contributed by atoms with Crippen molar-refractivity contribution in [3.05, 3.63) is 40.8 Å². The Bertz CT molecular complexity index is 402. The van der Waals surface area contributed by atoms with Crippen molar-refractivity contribution in [2.45, 2.75) is 13.0 Å². The molecule has 0 aliphatic heterocycles. The molecule has 0 saturated carbocycles. The first-order valence-electron chi connectivity index (χ1n) is 5.03. The van der Waals surface area contributed by atoms with Gasteiger partial charge in [-0.2, -0.15) is 16.4 Å². The topological polar surface area (TPSA) is 46.9 Å². The molecule has 2 heterocycles. The van der Waals surface area contributed by atoms with Crippen molar-refractivity contribution in [2.75, 3.05) is 6.54 Å². The molecule has 0 spiro atoms. The number of nitrogens with zero attached hydrogens (tertiary/aromatic N) is 2. The van der Waals surface area contributed by atoms with Crippen LogP contribution in [0.4, 0.5) is 0 Å². The number of thiophene rings is 1. The van der Waals surface area contributed by atoms with Gasteiger partial charge in [0.05, 0.1) is 6.04 Å². The minimum atomic E-state index is -0.0209. The Balaban J connectivity index is 2.17. The number of carbonyl (C=O) groups is 1. The lowest BCUT2D eigenvalue weighted by Crippen LogP contribution is -2.29. The third-order valence-electron chi connectivity index (χ3n) is 2.32. The number of amides is 1. The maximum Gasteiger partial charge on any atom is 0.216 e. The molecule has 0 fully saturated rings. The molecule has 0 saturated heterocycles. The number of hydrogen-bond acceptors (Lipinski definition) is 3. The molecule has 0 aliphatic carbocycles. The summed E-state index contributed by atoms with van der Waals surface area (Å²) >= 11 is 1.65. The Labute approximate surface area is 97.9 Å². The predicted molar refractivity (Wildman–Crippen MR) is 63.4 cm³/mol. The van der Waals surface area contributed by atoms with Crippen molar-refractivity contribution in [2.24, 2.45) is 0 Å². The molecule has 0 aliphatic rings. The maximum atomic E-state index is 10.9. The molecule has 1 N–H and O–H groups in total. The zero-order valence-electron chi connectivity index (χ0n) is 8.96. The van der Waals surface area contributed by atoms with Crippen LogP contribution >= 0.6 is 11.3 Å². The SMILES string of the molecule is CC(=O)NCC(c1ccsc1)n1cccn1. The van der Waals surface area contributed by atoms with Gasteiger partial charge < -0.3 is 5.32 Å². The van der Waals surface area contributed by atoms with E-state index in [4.69, 9.17) is 0 Å². The van der Waals surface area contributed by atoms with E-state index < -0.39 is 0 Å². The Kier molecular flexibility index (Phi) is 3.36. The van der Waals surface area contributed by atoms with Gasteiger partial charge in [-0.25, -0.2) is 0 Å². The highest BCUT2D eigenvalue weighted by molar-refractivity contribution is 7.07. The minimum Gasteiger partial charge on any atom is -0.354 e. The summed E-state index contributed by atoms with van der Waals surface area (Å²) in [6.45, 7) is 2.08. The van der Waals surface area contributed by atoms with Gasteiger partial charge in [0.2, 0.25) is 5.91 Å². The van der Waals surface area contributed by atoms with Crippen molar-refractivity contribution in [3.63, 3.8) is 0 Å². The maximum absolute atomic E-state index is 10.9. The highest BCUT2D eigenvalue weighted by atomic mass is 32.1. The molecule has 2 rings (SSSR count). The lowest BCUT2D eigenvalue weighted by atomic mass is 10.1. The standard InChI is InChI=1S/C11H13N3OS/c1-9(15)12-7-11(10-3-6-16-8-10)14-5-2-4-13-14/h2-6,8,11H,7H2,1H3,(H,12,15). The molecule has 1 atom stereocenters. The predicted octanol–water partition coefficient (Wildman–Crippen LogP) is 1.67. The summed E-state index contributed by atoms with van der Waals surface area (Å²) in [5.41, 5.74) is 1.17. The lowest BCUT2D eigenvalue weighted by molar-refractivity contribution is -0.119. The van der Waals surface area contributed by atoms with Crippen LogP contribution in [0.1, 0.15) is 18.5 Å². The van der Waals surface area contributed by atoms with Crippen LogP contribution in [-0.4, -0.2) is 22.2 Å². The highest BCUT2D eigenvalue weighted by Crippen LogP contribution is 2.19.